The summed E-state index contributed by atoms with van der Waals surface area (Å²) in [5.74, 6) is 0. The Kier molecular flexibility index (Phi) is 3.72. The summed E-state index contributed by atoms with van der Waals surface area (Å²) >= 11 is 0. The second-order valence-electron chi connectivity index (χ2n) is 2.51. The van der Waals surface area contributed by atoms with Gasteiger partial charge in [-0.05, 0) is 13.5 Å². The number of rotatable bonds is 4. The van der Waals surface area contributed by atoms with Crippen LogP contribution in [0.15, 0.2) is 0 Å². The number of ether oxygens (including phenoxy) is 1. The summed E-state index contributed by atoms with van der Waals surface area (Å²) in [4.78, 5) is 0. The minimum absolute atomic E-state index is 0.411. The van der Waals surface area contributed by atoms with Crippen LogP contribution in [0.25, 0.3) is 0 Å². The molecule has 0 aliphatic carbocycles. The summed E-state index contributed by atoms with van der Waals surface area (Å²) < 4.78 is 5.49. The van der Waals surface area contributed by atoms with E-state index in [1.54, 1.807) is 0 Å². The fourth-order valence-electron chi connectivity index (χ4n) is 1.03. The quantitative estimate of drug-likeness (QED) is 0.543. The first-order chi connectivity index (χ1) is 4.93. The van der Waals surface area contributed by atoms with Crippen LogP contribution in [-0.4, -0.2) is 39.4 Å². The maximum Gasteiger partial charge on any atom is 0.0729 e. The van der Waals surface area contributed by atoms with E-state index in [-0.39, 0.29) is 0 Å². The van der Waals surface area contributed by atoms with Crippen molar-refractivity contribution in [3.63, 3.8) is 0 Å². The molecule has 1 aliphatic heterocycles. The Morgan fingerprint density at radius 3 is 3.20 bits per heavy atom. The molecule has 1 rings (SSSR count). The van der Waals surface area contributed by atoms with Crippen molar-refractivity contribution in [2.24, 2.45) is 0 Å². The Labute approximate surface area is 62.1 Å². The number of likely N-dealkylation sites (N-methyl/N-ethyl adjacent to an activating group) is 1. The van der Waals surface area contributed by atoms with Crippen LogP contribution in [-0.2, 0) is 4.74 Å². The van der Waals surface area contributed by atoms with Crippen molar-refractivity contribution < 1.29 is 4.74 Å². The number of nitrogens with zero attached hydrogens (tertiary/aromatic N) is 1. The van der Waals surface area contributed by atoms with Gasteiger partial charge in [-0.3, -0.25) is 0 Å². The van der Waals surface area contributed by atoms with Crippen molar-refractivity contribution in [3.8, 4) is 0 Å². The topological polar surface area (TPSA) is 35.4 Å². The van der Waals surface area contributed by atoms with E-state index in [0.717, 1.165) is 32.7 Å². The fourth-order valence-corrected chi connectivity index (χ4v) is 1.03. The molecule has 59 valence electrons. The lowest BCUT2D eigenvalue weighted by Gasteiger charge is -2.08. The predicted octanol–water partition coefficient (Wildman–Crippen LogP) is -0.401. The van der Waals surface area contributed by atoms with Gasteiger partial charge in [-0.25, -0.2) is 5.32 Å². The molecule has 0 aromatic heterocycles. The molecule has 3 heteroatoms. The molecular formula is C7H15N2O. The van der Waals surface area contributed by atoms with Crippen LogP contribution in [0.2, 0.25) is 0 Å². The molecule has 3 nitrogen and oxygen atoms in total. The van der Waals surface area contributed by atoms with E-state index < -0.39 is 0 Å². The first-order valence-electron chi connectivity index (χ1n) is 3.83. The van der Waals surface area contributed by atoms with E-state index in [9.17, 15) is 0 Å². The molecule has 1 unspecified atom stereocenters. The highest BCUT2D eigenvalue weighted by atomic mass is 16.5. The average Bonchev–Trinajstić information content (AvgIpc) is 2.41. The van der Waals surface area contributed by atoms with E-state index in [0.29, 0.717) is 6.10 Å². The molecule has 0 aromatic rings. The zero-order valence-corrected chi connectivity index (χ0v) is 6.47. The molecule has 1 atom stereocenters. The van der Waals surface area contributed by atoms with Crippen LogP contribution >= 0.6 is 0 Å². The Hall–Kier alpha value is -0.120. The van der Waals surface area contributed by atoms with E-state index in [1.165, 1.54) is 0 Å². The van der Waals surface area contributed by atoms with Gasteiger partial charge in [-0.15, -0.1) is 0 Å². The predicted molar refractivity (Wildman–Crippen MR) is 40.2 cm³/mol. The Bertz CT molecular complexity index is 81.7. The van der Waals surface area contributed by atoms with Gasteiger partial charge in [0.2, 0.25) is 0 Å². The van der Waals surface area contributed by atoms with Gasteiger partial charge in [0.25, 0.3) is 0 Å². The third-order valence-corrected chi connectivity index (χ3v) is 1.65. The van der Waals surface area contributed by atoms with Crippen molar-refractivity contribution in [1.29, 1.82) is 0 Å². The first kappa shape index (κ1) is 7.98. The highest BCUT2D eigenvalue weighted by molar-refractivity contribution is 4.70. The molecule has 1 N–H and O–H groups in total. The van der Waals surface area contributed by atoms with Gasteiger partial charge >= 0.3 is 0 Å². The van der Waals surface area contributed by atoms with Crippen molar-refractivity contribution >= 4 is 0 Å². The summed E-state index contributed by atoms with van der Waals surface area (Å²) in [7, 11) is 1.93. The molecule has 0 amide bonds. The Balaban J connectivity index is 1.91. The Morgan fingerprint density at radius 2 is 2.60 bits per heavy atom. The van der Waals surface area contributed by atoms with E-state index >= 15 is 0 Å². The summed E-state index contributed by atoms with van der Waals surface area (Å²) in [5, 5.41) is 7.23. The smallest absolute Gasteiger partial charge is 0.0729 e. The number of nitrogens with one attached hydrogen (secondary N) is 1. The summed E-state index contributed by atoms with van der Waals surface area (Å²) in [5.41, 5.74) is 0. The minimum atomic E-state index is 0.411. The average molecular weight is 143 g/mol. The molecule has 1 saturated heterocycles. The standard InChI is InChI=1S/C7H15N2O/c1-8-4-5-10-7-2-3-9-6-7/h7-8H,2-6H2,1H3. The van der Waals surface area contributed by atoms with Crippen LogP contribution in [0, 0.1) is 0 Å². The summed E-state index contributed by atoms with van der Waals surface area (Å²) in [6, 6.07) is 0. The molecule has 1 radical (unpaired) electrons. The fraction of sp³-hybridized carbons (Fsp3) is 1.00. The molecular weight excluding hydrogens is 128 g/mol. The molecule has 0 spiro atoms. The molecule has 0 bridgehead atoms. The highest BCUT2D eigenvalue weighted by Crippen LogP contribution is 2.02. The van der Waals surface area contributed by atoms with Crippen LogP contribution in [0.3, 0.4) is 0 Å². The molecule has 0 saturated carbocycles. The third kappa shape index (κ3) is 2.64. The number of hydrogen-bond donors (Lipinski definition) is 1. The van der Waals surface area contributed by atoms with Gasteiger partial charge in [0, 0.05) is 19.6 Å². The Morgan fingerprint density at radius 1 is 1.70 bits per heavy atom. The van der Waals surface area contributed by atoms with Crippen LogP contribution in [0.4, 0.5) is 0 Å². The lowest BCUT2D eigenvalue weighted by Crippen LogP contribution is -2.21. The van der Waals surface area contributed by atoms with Crippen LogP contribution in [0.1, 0.15) is 6.42 Å². The minimum Gasteiger partial charge on any atom is -0.375 e. The van der Waals surface area contributed by atoms with Crippen LogP contribution in [0.5, 0.6) is 0 Å². The lowest BCUT2D eigenvalue weighted by atomic mass is 10.3. The summed E-state index contributed by atoms with van der Waals surface area (Å²) in [6.45, 7) is 3.65. The normalized spacial score (nSPS) is 25.5. The monoisotopic (exact) mass is 143 g/mol. The molecule has 0 aromatic carbocycles. The SMILES string of the molecule is CNCCOC1CC[N]C1. The molecule has 1 fully saturated rings. The van der Waals surface area contributed by atoms with Gasteiger partial charge in [0.05, 0.1) is 12.7 Å². The van der Waals surface area contributed by atoms with Gasteiger partial charge < -0.3 is 10.1 Å². The van der Waals surface area contributed by atoms with E-state index in [2.05, 4.69) is 10.6 Å². The van der Waals surface area contributed by atoms with Gasteiger partial charge in [-0.1, -0.05) is 0 Å². The summed E-state index contributed by atoms with van der Waals surface area (Å²) in [6.07, 6.45) is 1.53. The van der Waals surface area contributed by atoms with E-state index in [4.69, 9.17) is 4.74 Å². The lowest BCUT2D eigenvalue weighted by molar-refractivity contribution is 0.0698. The van der Waals surface area contributed by atoms with Crippen molar-refractivity contribution in [3.05, 3.63) is 0 Å². The molecule has 10 heavy (non-hydrogen) atoms. The largest absolute Gasteiger partial charge is 0.375 e. The van der Waals surface area contributed by atoms with Crippen molar-refractivity contribution in [2.75, 3.05) is 33.3 Å². The highest BCUT2D eigenvalue weighted by Gasteiger charge is 2.14. The third-order valence-electron chi connectivity index (χ3n) is 1.65. The second-order valence-corrected chi connectivity index (χ2v) is 2.51. The van der Waals surface area contributed by atoms with E-state index in [1.807, 2.05) is 7.05 Å². The second kappa shape index (κ2) is 4.66. The zero-order valence-electron chi connectivity index (χ0n) is 6.47. The zero-order chi connectivity index (χ0) is 7.23. The van der Waals surface area contributed by atoms with Crippen molar-refractivity contribution in [1.82, 2.24) is 10.6 Å². The number of hydrogen-bond acceptors (Lipinski definition) is 2. The molecule has 1 heterocycles. The van der Waals surface area contributed by atoms with Gasteiger partial charge in [-0.2, -0.15) is 0 Å². The maximum absolute atomic E-state index is 5.49. The van der Waals surface area contributed by atoms with Gasteiger partial charge in [0.15, 0.2) is 0 Å². The van der Waals surface area contributed by atoms with Crippen molar-refractivity contribution in [2.45, 2.75) is 12.5 Å². The van der Waals surface area contributed by atoms with Crippen LogP contribution < -0.4 is 10.6 Å². The molecule has 1 aliphatic rings. The van der Waals surface area contributed by atoms with Gasteiger partial charge in [0.1, 0.15) is 0 Å². The first-order valence-corrected chi connectivity index (χ1v) is 3.83. The maximum atomic E-state index is 5.49.